The zero-order valence-corrected chi connectivity index (χ0v) is 14.8. The van der Waals surface area contributed by atoms with Gasteiger partial charge in [-0.2, -0.15) is 0 Å². The Bertz CT molecular complexity index is 499. The van der Waals surface area contributed by atoms with Crippen LogP contribution in [0.3, 0.4) is 0 Å². The van der Waals surface area contributed by atoms with Gasteiger partial charge in [0, 0.05) is 5.92 Å². The molecule has 0 aliphatic rings. The summed E-state index contributed by atoms with van der Waals surface area (Å²) in [4.78, 5) is 24.2. The molecule has 0 unspecified atom stereocenters. The minimum absolute atomic E-state index is 0.0372. The Labute approximate surface area is 139 Å². The molecular formula is C19H29NO3. The van der Waals surface area contributed by atoms with Crippen molar-refractivity contribution in [3.63, 3.8) is 0 Å². The van der Waals surface area contributed by atoms with Crippen molar-refractivity contribution in [1.29, 1.82) is 0 Å². The summed E-state index contributed by atoms with van der Waals surface area (Å²) < 4.78 is 5.23. The Hall–Kier alpha value is -1.84. The van der Waals surface area contributed by atoms with Crippen LogP contribution in [-0.2, 0) is 14.3 Å². The Morgan fingerprint density at radius 1 is 1.00 bits per heavy atom. The zero-order chi connectivity index (χ0) is 17.4. The molecular weight excluding hydrogens is 290 g/mol. The molecule has 0 radical (unpaired) electrons. The third-order valence-corrected chi connectivity index (χ3v) is 3.77. The molecule has 1 rings (SSSR count). The van der Waals surface area contributed by atoms with Crippen molar-refractivity contribution in [1.82, 2.24) is 5.32 Å². The first kappa shape index (κ1) is 19.2. The Kier molecular flexibility index (Phi) is 7.79. The molecule has 4 heteroatoms. The van der Waals surface area contributed by atoms with Gasteiger partial charge < -0.3 is 10.1 Å². The molecule has 23 heavy (non-hydrogen) atoms. The number of amides is 1. The van der Waals surface area contributed by atoms with E-state index in [4.69, 9.17) is 4.74 Å². The van der Waals surface area contributed by atoms with Crippen molar-refractivity contribution in [3.8, 4) is 0 Å². The highest BCUT2D eigenvalue weighted by Gasteiger charge is 2.23. The fourth-order valence-electron chi connectivity index (χ4n) is 2.31. The molecule has 0 saturated heterocycles. The first-order chi connectivity index (χ1) is 10.8. The Morgan fingerprint density at radius 2 is 1.61 bits per heavy atom. The van der Waals surface area contributed by atoms with E-state index in [1.807, 2.05) is 65.0 Å². The minimum atomic E-state index is -0.276. The molecule has 4 nitrogen and oxygen atoms in total. The van der Waals surface area contributed by atoms with Crippen LogP contribution in [0.15, 0.2) is 30.3 Å². The number of hydrogen-bond donors (Lipinski definition) is 1. The Balaban J connectivity index is 2.45. The van der Waals surface area contributed by atoms with Crippen LogP contribution in [0.2, 0.25) is 0 Å². The van der Waals surface area contributed by atoms with Crippen LogP contribution < -0.4 is 5.32 Å². The van der Waals surface area contributed by atoms with Crippen molar-refractivity contribution in [3.05, 3.63) is 35.9 Å². The molecule has 0 fully saturated rings. The van der Waals surface area contributed by atoms with Gasteiger partial charge in [0.2, 0.25) is 5.91 Å². The van der Waals surface area contributed by atoms with Gasteiger partial charge in [0.05, 0.1) is 18.6 Å². The highest BCUT2D eigenvalue weighted by atomic mass is 16.5. The van der Waals surface area contributed by atoms with Crippen LogP contribution in [0.5, 0.6) is 0 Å². The standard InChI is InChI=1S/C19H29NO3/c1-13(2)12-23-19(22)15(4)11-14(3)18(21)20-16(5)17-9-7-6-8-10-17/h6-10,13-16H,11-12H2,1-5H3,(H,20,21)/t14-,15+,16+/m0/s1. The number of nitrogens with one attached hydrogen (secondary N) is 1. The zero-order valence-electron chi connectivity index (χ0n) is 14.8. The average molecular weight is 319 g/mol. The molecule has 0 saturated carbocycles. The lowest BCUT2D eigenvalue weighted by Gasteiger charge is -2.20. The summed E-state index contributed by atoms with van der Waals surface area (Å²) in [6.45, 7) is 10.0. The first-order valence-electron chi connectivity index (χ1n) is 8.33. The van der Waals surface area contributed by atoms with E-state index in [-0.39, 0.29) is 29.8 Å². The van der Waals surface area contributed by atoms with Gasteiger partial charge in [-0.1, -0.05) is 58.0 Å². The van der Waals surface area contributed by atoms with E-state index in [2.05, 4.69) is 5.32 Å². The normalized spacial score (nSPS) is 14.9. The lowest BCUT2D eigenvalue weighted by molar-refractivity contribution is -0.149. The van der Waals surface area contributed by atoms with Crippen molar-refractivity contribution in [2.75, 3.05) is 6.61 Å². The predicted octanol–water partition coefficient (Wildman–Crippen LogP) is 3.73. The maximum atomic E-state index is 12.3. The summed E-state index contributed by atoms with van der Waals surface area (Å²) in [6.07, 6.45) is 0.490. The monoisotopic (exact) mass is 319 g/mol. The quantitative estimate of drug-likeness (QED) is 0.743. The largest absolute Gasteiger partial charge is 0.465 e. The number of carbonyl (C=O) groups is 2. The predicted molar refractivity (Wildman–Crippen MR) is 91.7 cm³/mol. The van der Waals surface area contributed by atoms with Crippen molar-refractivity contribution in [2.45, 2.75) is 47.1 Å². The van der Waals surface area contributed by atoms with Gasteiger partial charge in [0.25, 0.3) is 0 Å². The summed E-state index contributed by atoms with van der Waals surface area (Å²) in [5.41, 5.74) is 1.07. The number of carbonyl (C=O) groups excluding carboxylic acids is 2. The molecule has 0 aliphatic carbocycles. The minimum Gasteiger partial charge on any atom is -0.465 e. The summed E-state index contributed by atoms with van der Waals surface area (Å²) in [5, 5.41) is 3.00. The molecule has 128 valence electrons. The topological polar surface area (TPSA) is 55.4 Å². The van der Waals surface area contributed by atoms with E-state index in [9.17, 15) is 9.59 Å². The lowest BCUT2D eigenvalue weighted by Crippen LogP contribution is -2.33. The number of benzene rings is 1. The Morgan fingerprint density at radius 3 is 2.17 bits per heavy atom. The number of hydrogen-bond acceptors (Lipinski definition) is 3. The van der Waals surface area contributed by atoms with E-state index in [0.717, 1.165) is 5.56 Å². The van der Waals surface area contributed by atoms with E-state index in [1.54, 1.807) is 0 Å². The van der Waals surface area contributed by atoms with Crippen molar-refractivity contribution >= 4 is 11.9 Å². The van der Waals surface area contributed by atoms with Crippen molar-refractivity contribution in [2.24, 2.45) is 17.8 Å². The van der Waals surface area contributed by atoms with Gasteiger partial charge in [-0.25, -0.2) is 0 Å². The molecule has 0 aromatic heterocycles. The summed E-state index contributed by atoms with van der Waals surface area (Å²) in [5.74, 6) is -0.456. The van der Waals surface area contributed by atoms with E-state index in [0.29, 0.717) is 18.9 Å². The van der Waals surface area contributed by atoms with Crippen LogP contribution >= 0.6 is 0 Å². The van der Waals surface area contributed by atoms with Crippen LogP contribution in [0.4, 0.5) is 0 Å². The van der Waals surface area contributed by atoms with Crippen LogP contribution in [0.25, 0.3) is 0 Å². The second-order valence-corrected chi connectivity index (χ2v) is 6.70. The molecule has 3 atom stereocenters. The third-order valence-electron chi connectivity index (χ3n) is 3.77. The van der Waals surface area contributed by atoms with E-state index in [1.165, 1.54) is 0 Å². The van der Waals surface area contributed by atoms with Gasteiger partial charge in [0.1, 0.15) is 0 Å². The smallest absolute Gasteiger partial charge is 0.308 e. The van der Waals surface area contributed by atoms with Gasteiger partial charge in [-0.05, 0) is 24.8 Å². The number of ether oxygens (including phenoxy) is 1. The summed E-state index contributed by atoms with van der Waals surface area (Å²) >= 11 is 0. The lowest BCUT2D eigenvalue weighted by atomic mass is 9.96. The highest BCUT2D eigenvalue weighted by molar-refractivity contribution is 5.80. The van der Waals surface area contributed by atoms with Crippen molar-refractivity contribution < 1.29 is 14.3 Å². The summed E-state index contributed by atoms with van der Waals surface area (Å²) in [6, 6.07) is 9.78. The summed E-state index contributed by atoms with van der Waals surface area (Å²) in [7, 11) is 0. The molecule has 1 amide bonds. The highest BCUT2D eigenvalue weighted by Crippen LogP contribution is 2.17. The average Bonchev–Trinajstić information content (AvgIpc) is 2.52. The van der Waals surface area contributed by atoms with Gasteiger partial charge >= 0.3 is 5.97 Å². The fourth-order valence-corrected chi connectivity index (χ4v) is 2.31. The maximum Gasteiger partial charge on any atom is 0.308 e. The van der Waals surface area contributed by atoms with Gasteiger partial charge in [-0.15, -0.1) is 0 Å². The molecule has 0 heterocycles. The second kappa shape index (κ2) is 9.33. The SMILES string of the molecule is CC(C)COC(=O)[C@H](C)C[C@H](C)C(=O)N[C@H](C)c1ccccc1. The van der Waals surface area contributed by atoms with E-state index < -0.39 is 0 Å². The third kappa shape index (κ3) is 6.85. The molecule has 0 aliphatic heterocycles. The van der Waals surface area contributed by atoms with E-state index >= 15 is 0 Å². The number of rotatable bonds is 8. The molecule has 1 aromatic carbocycles. The molecule has 0 bridgehead atoms. The van der Waals surface area contributed by atoms with Crippen LogP contribution in [0, 0.1) is 17.8 Å². The number of esters is 1. The molecule has 0 spiro atoms. The van der Waals surface area contributed by atoms with Crippen LogP contribution in [0.1, 0.15) is 52.6 Å². The second-order valence-electron chi connectivity index (χ2n) is 6.70. The van der Waals surface area contributed by atoms with Gasteiger partial charge in [0.15, 0.2) is 0 Å². The maximum absolute atomic E-state index is 12.3. The molecule has 1 aromatic rings. The fraction of sp³-hybridized carbons (Fsp3) is 0.579. The van der Waals surface area contributed by atoms with Gasteiger partial charge in [-0.3, -0.25) is 9.59 Å². The van der Waals surface area contributed by atoms with Crippen LogP contribution in [-0.4, -0.2) is 18.5 Å². The molecule has 1 N–H and O–H groups in total. The first-order valence-corrected chi connectivity index (χ1v) is 8.33.